The first-order valence-electron chi connectivity index (χ1n) is 3.72. The van der Waals surface area contributed by atoms with Gasteiger partial charge in [-0.1, -0.05) is 6.92 Å². The van der Waals surface area contributed by atoms with Gasteiger partial charge in [-0.05, 0) is 24.5 Å². The molecule has 1 unspecified atom stereocenters. The van der Waals surface area contributed by atoms with Gasteiger partial charge in [-0.3, -0.25) is 0 Å². The third-order valence-electron chi connectivity index (χ3n) is 1.77. The van der Waals surface area contributed by atoms with Crippen LogP contribution in [-0.2, 0) is 4.79 Å². The fraction of sp³-hybridized carbons (Fsp3) is 0.444. The second-order valence-electron chi connectivity index (χ2n) is 2.79. The molecule has 1 rings (SSSR count). The van der Waals surface area contributed by atoms with Gasteiger partial charge in [-0.15, -0.1) is 0 Å². The zero-order valence-corrected chi connectivity index (χ0v) is 6.83. The van der Waals surface area contributed by atoms with Crippen molar-refractivity contribution in [2.75, 3.05) is 0 Å². The van der Waals surface area contributed by atoms with E-state index in [4.69, 9.17) is 4.42 Å². The Kier molecular flexibility index (Phi) is 2.47. The Morgan fingerprint density at radius 1 is 1.73 bits per heavy atom. The highest BCUT2D eigenvalue weighted by Gasteiger charge is 2.06. The summed E-state index contributed by atoms with van der Waals surface area (Å²) in [6.45, 7) is 3.91. The summed E-state index contributed by atoms with van der Waals surface area (Å²) in [5.41, 5.74) is 1.11. The van der Waals surface area contributed by atoms with Gasteiger partial charge in [-0.25, -0.2) is 0 Å². The number of aryl methyl sites for hydroxylation is 1. The molecule has 0 aliphatic carbocycles. The Hall–Kier alpha value is -1.05. The quantitative estimate of drug-likeness (QED) is 0.622. The van der Waals surface area contributed by atoms with E-state index in [9.17, 15) is 4.79 Å². The van der Waals surface area contributed by atoms with Crippen molar-refractivity contribution < 1.29 is 9.21 Å². The molecule has 0 saturated carbocycles. The first-order valence-corrected chi connectivity index (χ1v) is 3.72. The molecule has 2 nitrogen and oxygen atoms in total. The van der Waals surface area contributed by atoms with Crippen molar-refractivity contribution in [1.29, 1.82) is 0 Å². The highest BCUT2D eigenvalue weighted by atomic mass is 16.3. The maximum absolute atomic E-state index is 10.2. The summed E-state index contributed by atoms with van der Waals surface area (Å²) in [6, 6.07) is 1.97. The summed E-state index contributed by atoms with van der Waals surface area (Å²) in [4.78, 5) is 10.2. The van der Waals surface area contributed by atoms with E-state index in [0.717, 1.165) is 17.6 Å². The fourth-order valence-electron chi connectivity index (χ4n) is 1.00. The van der Waals surface area contributed by atoms with Crippen molar-refractivity contribution in [2.24, 2.45) is 0 Å². The fourth-order valence-corrected chi connectivity index (χ4v) is 1.00. The van der Waals surface area contributed by atoms with E-state index in [1.54, 1.807) is 6.26 Å². The molecular weight excluding hydrogens is 140 g/mol. The summed E-state index contributed by atoms with van der Waals surface area (Å²) < 4.78 is 5.12. The number of rotatable bonds is 3. The second kappa shape index (κ2) is 3.37. The van der Waals surface area contributed by atoms with Crippen LogP contribution >= 0.6 is 0 Å². The molecule has 0 amide bonds. The highest BCUT2D eigenvalue weighted by molar-refractivity contribution is 5.51. The van der Waals surface area contributed by atoms with Crippen LogP contribution in [0.15, 0.2) is 16.7 Å². The third kappa shape index (κ3) is 1.93. The molecule has 0 aliphatic heterocycles. The number of carbonyl (C=O) groups is 1. The lowest BCUT2D eigenvalue weighted by molar-refractivity contribution is -0.108. The van der Waals surface area contributed by atoms with Gasteiger partial charge in [0, 0.05) is 6.42 Å². The van der Waals surface area contributed by atoms with Gasteiger partial charge in [-0.2, -0.15) is 0 Å². The van der Waals surface area contributed by atoms with Crippen LogP contribution in [-0.4, -0.2) is 6.29 Å². The molecule has 0 bridgehead atoms. The lowest BCUT2D eigenvalue weighted by atomic mass is 10.0. The molecule has 1 heterocycles. The topological polar surface area (TPSA) is 30.2 Å². The largest absolute Gasteiger partial charge is 0.469 e. The Labute approximate surface area is 66.2 Å². The molecule has 60 valence electrons. The molecule has 1 atom stereocenters. The molecule has 1 aromatic heterocycles. The third-order valence-corrected chi connectivity index (χ3v) is 1.77. The Balaban J connectivity index is 2.67. The minimum atomic E-state index is 0.282. The van der Waals surface area contributed by atoms with E-state index in [0.29, 0.717) is 6.42 Å². The number of carbonyl (C=O) groups excluding carboxylic acids is 1. The molecule has 1 aromatic rings. The van der Waals surface area contributed by atoms with E-state index in [1.165, 1.54) is 0 Å². The van der Waals surface area contributed by atoms with Crippen LogP contribution in [0.4, 0.5) is 0 Å². The van der Waals surface area contributed by atoms with Gasteiger partial charge in [0.1, 0.15) is 12.0 Å². The summed E-state index contributed by atoms with van der Waals surface area (Å²) in [5, 5.41) is 0. The lowest BCUT2D eigenvalue weighted by Crippen LogP contribution is -1.90. The molecule has 0 fully saturated rings. The van der Waals surface area contributed by atoms with Gasteiger partial charge in [0.2, 0.25) is 0 Å². The smallest absolute Gasteiger partial charge is 0.120 e. The van der Waals surface area contributed by atoms with Gasteiger partial charge < -0.3 is 9.21 Å². The molecule has 0 aromatic carbocycles. The van der Waals surface area contributed by atoms with E-state index in [1.807, 2.05) is 19.9 Å². The van der Waals surface area contributed by atoms with Crippen molar-refractivity contribution in [1.82, 2.24) is 0 Å². The van der Waals surface area contributed by atoms with Crippen LogP contribution in [0.2, 0.25) is 0 Å². The van der Waals surface area contributed by atoms with Crippen molar-refractivity contribution >= 4 is 6.29 Å². The Morgan fingerprint density at radius 3 is 2.91 bits per heavy atom. The van der Waals surface area contributed by atoms with Gasteiger partial charge in [0.25, 0.3) is 0 Å². The minimum Gasteiger partial charge on any atom is -0.469 e. The maximum atomic E-state index is 10.2. The zero-order valence-electron chi connectivity index (χ0n) is 6.83. The molecule has 11 heavy (non-hydrogen) atoms. The normalized spacial score (nSPS) is 12.9. The van der Waals surface area contributed by atoms with Crippen LogP contribution in [0.5, 0.6) is 0 Å². The summed E-state index contributed by atoms with van der Waals surface area (Å²) in [7, 11) is 0. The number of hydrogen-bond donors (Lipinski definition) is 0. The van der Waals surface area contributed by atoms with Crippen molar-refractivity contribution in [3.63, 3.8) is 0 Å². The highest BCUT2D eigenvalue weighted by Crippen LogP contribution is 2.19. The molecule has 0 radical (unpaired) electrons. The summed E-state index contributed by atoms with van der Waals surface area (Å²) >= 11 is 0. The van der Waals surface area contributed by atoms with Crippen LogP contribution in [0.1, 0.15) is 30.6 Å². The monoisotopic (exact) mass is 152 g/mol. The van der Waals surface area contributed by atoms with Gasteiger partial charge in [0.15, 0.2) is 0 Å². The average Bonchev–Trinajstić information content (AvgIpc) is 2.36. The van der Waals surface area contributed by atoms with Crippen molar-refractivity contribution in [3.8, 4) is 0 Å². The first kappa shape index (κ1) is 8.05. The van der Waals surface area contributed by atoms with Crippen LogP contribution < -0.4 is 0 Å². The van der Waals surface area contributed by atoms with Gasteiger partial charge in [0.05, 0.1) is 6.26 Å². The van der Waals surface area contributed by atoms with Crippen LogP contribution in [0.3, 0.4) is 0 Å². The predicted octanol–water partition coefficient (Wildman–Crippen LogP) is 2.28. The second-order valence-corrected chi connectivity index (χ2v) is 2.79. The summed E-state index contributed by atoms with van der Waals surface area (Å²) in [6.07, 6.45) is 3.22. The number of furan rings is 1. The number of aldehydes is 1. The van der Waals surface area contributed by atoms with E-state index < -0.39 is 0 Å². The Morgan fingerprint density at radius 2 is 2.45 bits per heavy atom. The van der Waals surface area contributed by atoms with E-state index in [-0.39, 0.29) is 5.92 Å². The summed E-state index contributed by atoms with van der Waals surface area (Å²) in [5.74, 6) is 1.18. The SMILES string of the molecule is Cc1cc(C(C)CC=O)co1. The van der Waals surface area contributed by atoms with Crippen LogP contribution in [0, 0.1) is 6.92 Å². The molecule has 0 N–H and O–H groups in total. The van der Waals surface area contributed by atoms with E-state index in [2.05, 4.69) is 0 Å². The molecule has 0 spiro atoms. The average molecular weight is 152 g/mol. The molecular formula is C9H12O2. The predicted molar refractivity (Wildman–Crippen MR) is 42.5 cm³/mol. The first-order chi connectivity index (χ1) is 5.24. The van der Waals surface area contributed by atoms with Crippen molar-refractivity contribution in [3.05, 3.63) is 23.7 Å². The Bertz CT molecular complexity index is 237. The minimum absolute atomic E-state index is 0.282. The maximum Gasteiger partial charge on any atom is 0.120 e. The molecule has 0 aliphatic rings. The molecule has 2 heteroatoms. The molecule has 0 saturated heterocycles. The standard InChI is InChI=1S/C9H12O2/c1-7(3-4-10)9-5-8(2)11-6-9/h4-7H,3H2,1-2H3. The van der Waals surface area contributed by atoms with Crippen molar-refractivity contribution in [2.45, 2.75) is 26.2 Å². The number of hydrogen-bond acceptors (Lipinski definition) is 2. The zero-order chi connectivity index (χ0) is 8.27. The van der Waals surface area contributed by atoms with E-state index >= 15 is 0 Å². The lowest BCUT2D eigenvalue weighted by Gasteiger charge is -2.01. The van der Waals surface area contributed by atoms with Crippen LogP contribution in [0.25, 0.3) is 0 Å². The van der Waals surface area contributed by atoms with Gasteiger partial charge >= 0.3 is 0 Å².